The van der Waals surface area contributed by atoms with E-state index in [0.717, 1.165) is 12.1 Å². The van der Waals surface area contributed by atoms with Gasteiger partial charge in [0.05, 0.1) is 11.0 Å². The lowest BCUT2D eigenvalue weighted by Crippen LogP contribution is -2.56. The van der Waals surface area contributed by atoms with Crippen LogP contribution in [0.25, 0.3) is 0 Å². The zero-order chi connectivity index (χ0) is 15.8. The Bertz CT molecular complexity index is 664. The molecule has 2 rings (SSSR count). The van der Waals surface area contributed by atoms with E-state index >= 15 is 0 Å². The highest BCUT2D eigenvalue weighted by molar-refractivity contribution is 7.89. The number of hydrogen-bond acceptors (Lipinski definition) is 5. The van der Waals surface area contributed by atoms with Gasteiger partial charge in [0, 0.05) is 31.2 Å². The summed E-state index contributed by atoms with van der Waals surface area (Å²) < 4.78 is 40.2. The van der Waals surface area contributed by atoms with Crippen LogP contribution < -0.4 is 5.32 Å². The quantitative estimate of drug-likeness (QED) is 0.666. The van der Waals surface area contributed by atoms with Gasteiger partial charge in [0.15, 0.2) is 0 Å². The Morgan fingerprint density at radius 3 is 2.67 bits per heavy atom. The van der Waals surface area contributed by atoms with E-state index in [1.165, 1.54) is 4.31 Å². The highest BCUT2D eigenvalue weighted by Crippen LogP contribution is 2.25. The molecular formula is C12H16FN3O4S. The SMILES string of the molecule is CC1CN(S(=O)(=O)c2ccc([N+](=O)[O-])cc2F)C(C)CN1. The first kappa shape index (κ1) is 15.8. The molecule has 1 aliphatic rings. The van der Waals surface area contributed by atoms with Crippen molar-refractivity contribution in [2.45, 2.75) is 30.8 Å². The van der Waals surface area contributed by atoms with Gasteiger partial charge in [-0.05, 0) is 19.9 Å². The molecule has 9 heteroatoms. The molecular weight excluding hydrogens is 301 g/mol. The number of hydrogen-bond donors (Lipinski definition) is 1. The molecule has 0 radical (unpaired) electrons. The van der Waals surface area contributed by atoms with Crippen LogP contribution in [0.5, 0.6) is 0 Å². The van der Waals surface area contributed by atoms with E-state index in [1.54, 1.807) is 6.92 Å². The fraction of sp³-hybridized carbons (Fsp3) is 0.500. The molecule has 116 valence electrons. The Kier molecular flexibility index (Phi) is 4.26. The number of sulfonamides is 1. The lowest BCUT2D eigenvalue weighted by atomic mass is 10.2. The topological polar surface area (TPSA) is 92.5 Å². The fourth-order valence-corrected chi connectivity index (χ4v) is 4.03. The Balaban J connectivity index is 2.41. The van der Waals surface area contributed by atoms with E-state index in [9.17, 15) is 22.9 Å². The lowest BCUT2D eigenvalue weighted by molar-refractivity contribution is -0.385. The fourth-order valence-electron chi connectivity index (χ4n) is 2.26. The van der Waals surface area contributed by atoms with Crippen molar-refractivity contribution in [1.29, 1.82) is 0 Å². The first-order valence-corrected chi connectivity index (χ1v) is 7.86. The molecule has 1 N–H and O–H groups in total. The minimum Gasteiger partial charge on any atom is -0.311 e. The molecule has 0 aliphatic carbocycles. The highest BCUT2D eigenvalue weighted by Gasteiger charge is 2.35. The largest absolute Gasteiger partial charge is 0.311 e. The van der Waals surface area contributed by atoms with Crippen molar-refractivity contribution in [3.05, 3.63) is 34.1 Å². The van der Waals surface area contributed by atoms with E-state index in [1.807, 2.05) is 6.92 Å². The average Bonchev–Trinajstić information content (AvgIpc) is 2.40. The van der Waals surface area contributed by atoms with Crippen molar-refractivity contribution in [3.63, 3.8) is 0 Å². The van der Waals surface area contributed by atoms with Crippen molar-refractivity contribution in [1.82, 2.24) is 9.62 Å². The third kappa shape index (κ3) is 3.04. The lowest BCUT2D eigenvalue weighted by Gasteiger charge is -2.36. The summed E-state index contributed by atoms with van der Waals surface area (Å²) in [6, 6.07) is 2.20. The summed E-state index contributed by atoms with van der Waals surface area (Å²) in [7, 11) is -4.02. The molecule has 1 aromatic rings. The molecule has 0 saturated carbocycles. The molecule has 0 bridgehead atoms. The minimum atomic E-state index is -4.02. The normalized spacial score (nSPS) is 24.0. The maximum Gasteiger partial charge on any atom is 0.272 e. The number of rotatable bonds is 3. The maximum atomic E-state index is 14.0. The van der Waals surface area contributed by atoms with Gasteiger partial charge in [0.25, 0.3) is 5.69 Å². The molecule has 1 saturated heterocycles. The zero-order valence-corrected chi connectivity index (χ0v) is 12.4. The first-order chi connectivity index (χ1) is 9.73. The second-order valence-electron chi connectivity index (χ2n) is 5.10. The average molecular weight is 317 g/mol. The van der Waals surface area contributed by atoms with Gasteiger partial charge in [-0.25, -0.2) is 12.8 Å². The van der Waals surface area contributed by atoms with Crippen LogP contribution in [-0.4, -0.2) is 42.8 Å². The van der Waals surface area contributed by atoms with Crippen molar-refractivity contribution in [2.75, 3.05) is 13.1 Å². The van der Waals surface area contributed by atoms with Crippen LogP contribution in [0, 0.1) is 15.9 Å². The second-order valence-corrected chi connectivity index (χ2v) is 6.96. The predicted octanol–water partition coefficient (Wildman–Crippen LogP) is 1.10. The van der Waals surface area contributed by atoms with Gasteiger partial charge < -0.3 is 5.32 Å². The molecule has 1 fully saturated rings. The minimum absolute atomic E-state index is 0.0444. The standard InChI is InChI=1S/C12H16FN3O4S/c1-8-7-15(9(2)6-14-8)21(19,20)12-4-3-10(16(17)18)5-11(12)13/h3-5,8-9,14H,6-7H2,1-2H3. The number of halogens is 1. The summed E-state index contributed by atoms with van der Waals surface area (Å²) in [5.74, 6) is -1.11. The number of nitrogens with one attached hydrogen (secondary N) is 1. The maximum absolute atomic E-state index is 14.0. The first-order valence-electron chi connectivity index (χ1n) is 6.42. The molecule has 7 nitrogen and oxygen atoms in total. The van der Waals surface area contributed by atoms with Gasteiger partial charge in [0.2, 0.25) is 10.0 Å². The Labute approximate surface area is 122 Å². The van der Waals surface area contributed by atoms with Gasteiger partial charge >= 0.3 is 0 Å². The smallest absolute Gasteiger partial charge is 0.272 e. The van der Waals surface area contributed by atoms with Crippen LogP contribution in [0.2, 0.25) is 0 Å². The van der Waals surface area contributed by atoms with Crippen LogP contribution in [0.15, 0.2) is 23.1 Å². The van der Waals surface area contributed by atoms with Gasteiger partial charge in [0.1, 0.15) is 10.7 Å². The summed E-state index contributed by atoms with van der Waals surface area (Å²) in [4.78, 5) is 9.28. The zero-order valence-electron chi connectivity index (χ0n) is 11.6. The summed E-state index contributed by atoms with van der Waals surface area (Å²) in [6.45, 7) is 4.25. The van der Waals surface area contributed by atoms with E-state index in [2.05, 4.69) is 5.32 Å². The van der Waals surface area contributed by atoms with Gasteiger partial charge in [-0.1, -0.05) is 0 Å². The molecule has 1 aliphatic heterocycles. The van der Waals surface area contributed by atoms with E-state index < -0.39 is 31.3 Å². The van der Waals surface area contributed by atoms with Gasteiger partial charge in [-0.3, -0.25) is 10.1 Å². The number of nitro groups is 1. The number of piperazine rings is 1. The molecule has 0 spiro atoms. The summed E-state index contributed by atoms with van der Waals surface area (Å²) in [5.41, 5.74) is -0.479. The third-order valence-electron chi connectivity index (χ3n) is 3.42. The molecule has 1 aromatic carbocycles. The van der Waals surface area contributed by atoms with E-state index in [0.29, 0.717) is 12.6 Å². The monoisotopic (exact) mass is 317 g/mol. The molecule has 2 unspecified atom stereocenters. The number of benzene rings is 1. The predicted molar refractivity (Wildman–Crippen MR) is 73.9 cm³/mol. The molecule has 0 amide bonds. The summed E-state index contributed by atoms with van der Waals surface area (Å²) >= 11 is 0. The van der Waals surface area contributed by atoms with Crippen LogP contribution in [0.3, 0.4) is 0 Å². The van der Waals surface area contributed by atoms with E-state index in [4.69, 9.17) is 0 Å². The number of non-ortho nitro benzene ring substituents is 1. The molecule has 21 heavy (non-hydrogen) atoms. The van der Waals surface area contributed by atoms with Crippen molar-refractivity contribution >= 4 is 15.7 Å². The van der Waals surface area contributed by atoms with Gasteiger partial charge in [-0.15, -0.1) is 0 Å². The van der Waals surface area contributed by atoms with E-state index in [-0.39, 0.29) is 18.6 Å². The van der Waals surface area contributed by atoms with Crippen molar-refractivity contribution < 1.29 is 17.7 Å². The molecule has 2 atom stereocenters. The van der Waals surface area contributed by atoms with Crippen LogP contribution >= 0.6 is 0 Å². The Hall–Kier alpha value is -1.58. The number of nitrogens with zero attached hydrogens (tertiary/aromatic N) is 2. The highest BCUT2D eigenvalue weighted by atomic mass is 32.2. The van der Waals surface area contributed by atoms with Crippen LogP contribution in [0.4, 0.5) is 10.1 Å². The third-order valence-corrected chi connectivity index (χ3v) is 5.43. The summed E-state index contributed by atoms with van der Waals surface area (Å²) in [6.07, 6.45) is 0. The molecule has 0 aromatic heterocycles. The van der Waals surface area contributed by atoms with Crippen molar-refractivity contribution in [2.24, 2.45) is 0 Å². The van der Waals surface area contributed by atoms with Crippen LogP contribution in [0.1, 0.15) is 13.8 Å². The Morgan fingerprint density at radius 1 is 1.43 bits per heavy atom. The summed E-state index contributed by atoms with van der Waals surface area (Å²) in [5, 5.41) is 13.7. The van der Waals surface area contributed by atoms with Gasteiger partial charge in [-0.2, -0.15) is 4.31 Å². The van der Waals surface area contributed by atoms with Crippen molar-refractivity contribution in [3.8, 4) is 0 Å². The number of nitro benzene ring substituents is 1. The molecule has 1 heterocycles. The second kappa shape index (κ2) is 5.66. The Morgan fingerprint density at radius 2 is 2.10 bits per heavy atom. The van der Waals surface area contributed by atoms with Crippen LogP contribution in [-0.2, 0) is 10.0 Å².